The number of halogens is 1. The molecule has 1 N–H and O–H groups in total. The van der Waals surface area contributed by atoms with E-state index in [9.17, 15) is 19.5 Å². The highest BCUT2D eigenvalue weighted by atomic mass is 19.1. The van der Waals surface area contributed by atoms with Gasteiger partial charge in [0.2, 0.25) is 5.78 Å². The number of esters is 2. The van der Waals surface area contributed by atoms with E-state index in [2.05, 4.69) is 6.08 Å². The maximum atomic E-state index is 17.4. The van der Waals surface area contributed by atoms with E-state index in [-0.39, 0.29) is 25.2 Å². The number of aliphatic hydroxyl groups is 1. The molecule has 0 aromatic rings. The number of carbonyl (C=O) groups is 3. The lowest BCUT2D eigenvalue weighted by Gasteiger charge is -2.63. The highest BCUT2D eigenvalue weighted by molar-refractivity contribution is 5.93. The first kappa shape index (κ1) is 26.3. The summed E-state index contributed by atoms with van der Waals surface area (Å²) in [4.78, 5) is 38.3. The van der Waals surface area contributed by atoms with Crippen molar-refractivity contribution in [3.8, 4) is 0 Å². The standard InChI is InChI=1S/C28H41FO6/c1-6-23(32)34-16-22(31)28(35-24(33)7-2)17(3)14-20-19-12-11-18-10-8-9-13-25(18,4)27(19,29)21(30)15-26(20,28)5/h10,17,19-21,30H,6-9,11-16H2,1-5H3/t17-,19+,20+,21+,25+,26+,27+,28-/m1/s1. The molecule has 0 spiro atoms. The molecular weight excluding hydrogens is 451 g/mol. The van der Waals surface area contributed by atoms with Gasteiger partial charge in [0.05, 0.1) is 6.10 Å². The molecule has 8 atom stereocenters. The van der Waals surface area contributed by atoms with Gasteiger partial charge in [0.25, 0.3) is 0 Å². The van der Waals surface area contributed by atoms with Crippen molar-refractivity contribution in [3.63, 3.8) is 0 Å². The van der Waals surface area contributed by atoms with Crippen LogP contribution in [0.1, 0.15) is 92.4 Å². The third-order valence-electron chi connectivity index (χ3n) is 10.3. The van der Waals surface area contributed by atoms with Crippen LogP contribution < -0.4 is 0 Å². The molecule has 0 aliphatic heterocycles. The fourth-order valence-corrected chi connectivity index (χ4v) is 8.55. The van der Waals surface area contributed by atoms with Gasteiger partial charge in [0.15, 0.2) is 12.2 Å². The number of hydrogen-bond donors (Lipinski definition) is 1. The monoisotopic (exact) mass is 492 g/mol. The first-order valence-corrected chi connectivity index (χ1v) is 13.4. The summed E-state index contributed by atoms with van der Waals surface area (Å²) in [6.45, 7) is 8.52. The Morgan fingerprint density at radius 3 is 2.49 bits per heavy atom. The molecule has 3 fully saturated rings. The summed E-state index contributed by atoms with van der Waals surface area (Å²) >= 11 is 0. The van der Waals surface area contributed by atoms with Crippen LogP contribution in [0.2, 0.25) is 0 Å². The Labute approximate surface area is 208 Å². The minimum Gasteiger partial charge on any atom is -0.457 e. The Kier molecular flexibility index (Phi) is 6.74. The molecular formula is C28H41FO6. The molecule has 0 aromatic carbocycles. The molecule has 0 aromatic heterocycles. The van der Waals surface area contributed by atoms with Gasteiger partial charge in [-0.2, -0.15) is 0 Å². The number of ether oxygens (including phenoxy) is 2. The number of rotatable bonds is 6. The molecule has 0 heterocycles. The molecule has 196 valence electrons. The van der Waals surface area contributed by atoms with Crippen molar-refractivity contribution in [2.75, 3.05) is 6.61 Å². The number of alkyl halides is 1. The van der Waals surface area contributed by atoms with Gasteiger partial charge >= 0.3 is 11.9 Å². The molecule has 0 bridgehead atoms. The zero-order valence-electron chi connectivity index (χ0n) is 21.8. The van der Waals surface area contributed by atoms with Gasteiger partial charge in [-0.3, -0.25) is 14.4 Å². The summed E-state index contributed by atoms with van der Waals surface area (Å²) in [5.74, 6) is -2.60. The van der Waals surface area contributed by atoms with Crippen molar-refractivity contribution >= 4 is 17.7 Å². The van der Waals surface area contributed by atoms with E-state index in [1.807, 2.05) is 20.8 Å². The Hall–Kier alpha value is -1.76. The number of ketones is 1. The predicted octanol–water partition coefficient (Wildman–Crippen LogP) is 4.86. The second-order valence-electron chi connectivity index (χ2n) is 11.7. The number of allylic oxidation sites excluding steroid dienone is 2. The molecule has 7 heteroatoms. The van der Waals surface area contributed by atoms with Crippen LogP contribution in [0.25, 0.3) is 0 Å². The highest BCUT2D eigenvalue weighted by Gasteiger charge is 2.77. The van der Waals surface area contributed by atoms with Crippen molar-refractivity contribution in [3.05, 3.63) is 11.6 Å². The van der Waals surface area contributed by atoms with E-state index in [0.29, 0.717) is 19.3 Å². The number of Topliss-reactive ketones (excluding diaryl/α,β-unsaturated/α-hetero) is 1. The van der Waals surface area contributed by atoms with Crippen LogP contribution in [-0.2, 0) is 23.9 Å². The normalized spacial score (nSPS) is 44.4. The first-order valence-electron chi connectivity index (χ1n) is 13.4. The van der Waals surface area contributed by atoms with Crippen molar-refractivity contribution in [2.45, 2.75) is 110 Å². The lowest BCUT2D eigenvalue weighted by Crippen LogP contribution is -2.70. The first-order chi connectivity index (χ1) is 16.4. The molecule has 6 nitrogen and oxygen atoms in total. The Balaban J connectivity index is 1.79. The highest BCUT2D eigenvalue weighted by Crippen LogP contribution is 2.72. The van der Waals surface area contributed by atoms with Crippen LogP contribution in [0.4, 0.5) is 4.39 Å². The molecule has 0 radical (unpaired) electrons. The minimum atomic E-state index is -1.80. The molecule has 3 saturated carbocycles. The molecule has 4 rings (SSSR count). The van der Waals surface area contributed by atoms with Crippen LogP contribution >= 0.6 is 0 Å². The van der Waals surface area contributed by atoms with Gasteiger partial charge in [-0.1, -0.05) is 46.3 Å². The number of hydrogen-bond acceptors (Lipinski definition) is 6. The number of fused-ring (bicyclic) bond motifs is 5. The molecule has 4 aliphatic rings. The molecule has 0 unspecified atom stereocenters. The van der Waals surface area contributed by atoms with Crippen LogP contribution in [0.5, 0.6) is 0 Å². The quantitative estimate of drug-likeness (QED) is 0.421. The van der Waals surface area contributed by atoms with Crippen LogP contribution in [0, 0.1) is 28.6 Å². The average molecular weight is 493 g/mol. The lowest BCUT2D eigenvalue weighted by atomic mass is 9.44. The van der Waals surface area contributed by atoms with Crippen LogP contribution in [0.15, 0.2) is 11.6 Å². The minimum absolute atomic E-state index is 0.0162. The number of aliphatic hydroxyl groups excluding tert-OH is 1. The third kappa shape index (κ3) is 3.47. The van der Waals surface area contributed by atoms with Gasteiger partial charge in [0.1, 0.15) is 5.67 Å². The van der Waals surface area contributed by atoms with Gasteiger partial charge in [-0.15, -0.1) is 0 Å². The summed E-state index contributed by atoms with van der Waals surface area (Å²) in [7, 11) is 0. The maximum Gasteiger partial charge on any atom is 0.306 e. The fourth-order valence-electron chi connectivity index (χ4n) is 8.55. The van der Waals surface area contributed by atoms with E-state index in [0.717, 1.165) is 24.8 Å². The molecule has 4 aliphatic carbocycles. The van der Waals surface area contributed by atoms with Gasteiger partial charge in [0, 0.05) is 35.5 Å². The van der Waals surface area contributed by atoms with Crippen molar-refractivity contribution in [2.24, 2.45) is 28.6 Å². The van der Waals surface area contributed by atoms with Gasteiger partial charge in [-0.25, -0.2) is 4.39 Å². The average Bonchev–Trinajstić information content (AvgIpc) is 3.04. The molecule has 0 saturated heterocycles. The van der Waals surface area contributed by atoms with Crippen molar-refractivity contribution in [1.82, 2.24) is 0 Å². The second kappa shape index (κ2) is 8.97. The molecule has 0 amide bonds. The van der Waals surface area contributed by atoms with E-state index >= 15 is 4.39 Å². The van der Waals surface area contributed by atoms with Crippen molar-refractivity contribution < 1.29 is 33.4 Å². The fraction of sp³-hybridized carbons (Fsp3) is 0.821. The number of carbonyl (C=O) groups excluding carboxylic acids is 3. The maximum absolute atomic E-state index is 17.4. The van der Waals surface area contributed by atoms with Gasteiger partial charge in [-0.05, 0) is 50.9 Å². The summed E-state index contributed by atoms with van der Waals surface area (Å²) in [5, 5.41) is 11.6. The Morgan fingerprint density at radius 1 is 1.14 bits per heavy atom. The zero-order valence-corrected chi connectivity index (χ0v) is 21.8. The predicted molar refractivity (Wildman–Crippen MR) is 128 cm³/mol. The van der Waals surface area contributed by atoms with E-state index in [1.54, 1.807) is 13.8 Å². The largest absolute Gasteiger partial charge is 0.457 e. The SMILES string of the molecule is CCC(=O)OCC(=O)[C@]1(OC(=O)CC)[C@H](C)C[C@H]2[C@@H]3CCC4=CCCC[C@]4(C)[C@@]3(F)[C@@H](O)C[C@@]21C. The van der Waals surface area contributed by atoms with E-state index < -0.39 is 64.4 Å². The van der Waals surface area contributed by atoms with E-state index in [4.69, 9.17) is 9.47 Å². The Morgan fingerprint density at radius 2 is 1.83 bits per heavy atom. The van der Waals surface area contributed by atoms with Gasteiger partial charge < -0.3 is 14.6 Å². The third-order valence-corrected chi connectivity index (χ3v) is 10.3. The van der Waals surface area contributed by atoms with Crippen molar-refractivity contribution in [1.29, 1.82) is 0 Å². The van der Waals surface area contributed by atoms with Crippen LogP contribution in [0.3, 0.4) is 0 Å². The summed E-state index contributed by atoms with van der Waals surface area (Å²) in [6.07, 6.45) is 5.53. The topological polar surface area (TPSA) is 89.9 Å². The lowest BCUT2D eigenvalue weighted by molar-refractivity contribution is -0.235. The Bertz CT molecular complexity index is 930. The summed E-state index contributed by atoms with van der Waals surface area (Å²) < 4.78 is 28.6. The zero-order chi connectivity index (χ0) is 25.8. The smallest absolute Gasteiger partial charge is 0.306 e. The molecule has 35 heavy (non-hydrogen) atoms. The van der Waals surface area contributed by atoms with E-state index in [1.165, 1.54) is 0 Å². The summed E-state index contributed by atoms with van der Waals surface area (Å²) in [5.41, 5.74) is -3.97. The second-order valence-corrected chi connectivity index (χ2v) is 11.7. The summed E-state index contributed by atoms with van der Waals surface area (Å²) in [6, 6.07) is 0. The van der Waals surface area contributed by atoms with Crippen LogP contribution in [-0.4, -0.2) is 46.8 Å².